The zero-order valence-electron chi connectivity index (χ0n) is 13.6. The van der Waals surface area contributed by atoms with Crippen molar-refractivity contribution in [2.75, 3.05) is 11.9 Å². The number of benzene rings is 1. The van der Waals surface area contributed by atoms with E-state index in [1.54, 1.807) is 32.0 Å². The van der Waals surface area contributed by atoms with Crippen LogP contribution in [0.25, 0.3) is 0 Å². The smallest absolute Gasteiger partial charge is 0.313 e. The number of rotatable bonds is 4. The molecule has 7 heteroatoms. The maximum Gasteiger partial charge on any atom is 0.313 e. The number of halogens is 1. The van der Waals surface area contributed by atoms with Gasteiger partial charge in [0.2, 0.25) is 0 Å². The second-order valence-electron chi connectivity index (χ2n) is 5.80. The summed E-state index contributed by atoms with van der Waals surface area (Å²) in [6.07, 6.45) is 0. The van der Waals surface area contributed by atoms with Gasteiger partial charge in [0.1, 0.15) is 22.9 Å². The molecular weight excluding hydrogens is 315 g/mol. The Morgan fingerprint density at radius 2 is 1.92 bits per heavy atom. The first-order valence-electron chi connectivity index (χ1n) is 7.33. The maximum atomic E-state index is 13.7. The van der Waals surface area contributed by atoms with Crippen LogP contribution in [0.3, 0.4) is 0 Å². The van der Waals surface area contributed by atoms with Crippen molar-refractivity contribution < 1.29 is 23.5 Å². The van der Waals surface area contributed by atoms with Gasteiger partial charge in [-0.1, -0.05) is 6.07 Å². The summed E-state index contributed by atoms with van der Waals surface area (Å²) in [5.74, 6) is -1.76. The minimum Gasteiger partial charge on any atom is -0.463 e. The van der Waals surface area contributed by atoms with E-state index in [4.69, 9.17) is 4.42 Å². The van der Waals surface area contributed by atoms with E-state index in [1.165, 1.54) is 19.1 Å². The Hall–Kier alpha value is -2.67. The van der Waals surface area contributed by atoms with Crippen LogP contribution >= 0.6 is 0 Å². The molecule has 0 aliphatic rings. The Morgan fingerprint density at radius 3 is 2.50 bits per heavy atom. The highest BCUT2D eigenvalue weighted by Crippen LogP contribution is 2.22. The van der Waals surface area contributed by atoms with Crippen molar-refractivity contribution in [3.63, 3.8) is 0 Å². The Morgan fingerprint density at radius 1 is 1.21 bits per heavy atom. The highest BCUT2D eigenvalue weighted by molar-refractivity contribution is 6.39. The number of aliphatic hydroxyl groups is 1. The summed E-state index contributed by atoms with van der Waals surface area (Å²) in [7, 11) is 0. The average molecular weight is 334 g/mol. The van der Waals surface area contributed by atoms with Gasteiger partial charge >= 0.3 is 11.8 Å². The van der Waals surface area contributed by atoms with Crippen molar-refractivity contribution in [3.8, 4) is 0 Å². The zero-order chi connectivity index (χ0) is 17.9. The topological polar surface area (TPSA) is 91.6 Å². The second-order valence-corrected chi connectivity index (χ2v) is 5.80. The largest absolute Gasteiger partial charge is 0.463 e. The lowest BCUT2D eigenvalue weighted by Crippen LogP contribution is -2.43. The third-order valence-electron chi connectivity index (χ3n) is 3.44. The monoisotopic (exact) mass is 334 g/mol. The summed E-state index contributed by atoms with van der Waals surface area (Å²) in [5, 5.41) is 14.8. The maximum absolute atomic E-state index is 13.7. The average Bonchev–Trinajstić information content (AvgIpc) is 2.95. The summed E-state index contributed by atoms with van der Waals surface area (Å²) in [6.45, 7) is 4.65. The lowest BCUT2D eigenvalue weighted by atomic mass is 10.0. The fraction of sp³-hybridized carbons (Fsp3) is 0.294. The van der Waals surface area contributed by atoms with Gasteiger partial charge in [0.25, 0.3) is 0 Å². The van der Waals surface area contributed by atoms with Gasteiger partial charge in [0, 0.05) is 0 Å². The molecule has 1 aromatic carbocycles. The summed E-state index contributed by atoms with van der Waals surface area (Å²) in [5.41, 5.74) is -0.867. The van der Waals surface area contributed by atoms with E-state index in [0.717, 1.165) is 0 Å². The summed E-state index contributed by atoms with van der Waals surface area (Å²) < 4.78 is 19.0. The molecule has 6 nitrogen and oxygen atoms in total. The first kappa shape index (κ1) is 17.7. The molecule has 0 radical (unpaired) electrons. The lowest BCUT2D eigenvalue weighted by Gasteiger charge is -2.21. The fourth-order valence-electron chi connectivity index (χ4n) is 2.04. The van der Waals surface area contributed by atoms with E-state index in [0.29, 0.717) is 11.3 Å². The molecule has 24 heavy (non-hydrogen) atoms. The molecule has 1 unspecified atom stereocenters. The minimum atomic E-state index is -1.47. The van der Waals surface area contributed by atoms with E-state index in [2.05, 4.69) is 10.6 Å². The quantitative estimate of drug-likeness (QED) is 0.746. The number of carbonyl (C=O) groups is 2. The van der Waals surface area contributed by atoms with Gasteiger partial charge in [-0.05, 0) is 50.6 Å². The van der Waals surface area contributed by atoms with E-state index in [1.807, 2.05) is 0 Å². The molecule has 0 fully saturated rings. The van der Waals surface area contributed by atoms with Gasteiger partial charge < -0.3 is 20.2 Å². The molecular formula is C17H19FN2O4. The van der Waals surface area contributed by atoms with Crippen LogP contribution in [0.1, 0.15) is 24.0 Å². The zero-order valence-corrected chi connectivity index (χ0v) is 13.6. The van der Waals surface area contributed by atoms with Crippen molar-refractivity contribution in [2.45, 2.75) is 26.4 Å². The molecule has 1 aromatic heterocycles. The van der Waals surface area contributed by atoms with Crippen molar-refractivity contribution >= 4 is 17.5 Å². The molecule has 2 rings (SSSR count). The Labute approximate surface area is 138 Å². The summed E-state index contributed by atoms with van der Waals surface area (Å²) in [4.78, 5) is 23.6. The van der Waals surface area contributed by atoms with E-state index >= 15 is 0 Å². The normalized spacial score (nSPS) is 13.2. The number of amides is 2. The SMILES string of the molecule is Cc1ccc(NC(=O)C(=O)NCC(C)(O)c2ccc(C)o2)c(F)c1. The molecule has 0 spiro atoms. The molecule has 0 aliphatic carbocycles. The minimum absolute atomic E-state index is 0.0887. The Bertz CT molecular complexity index is 768. The van der Waals surface area contributed by atoms with Crippen molar-refractivity contribution in [1.82, 2.24) is 5.32 Å². The number of hydrogen-bond acceptors (Lipinski definition) is 4. The summed E-state index contributed by atoms with van der Waals surface area (Å²) in [6, 6.07) is 7.50. The Kier molecular flexibility index (Phi) is 5.04. The number of carbonyl (C=O) groups excluding carboxylic acids is 2. The van der Waals surface area contributed by atoms with E-state index in [9.17, 15) is 19.1 Å². The number of anilines is 1. The van der Waals surface area contributed by atoms with Crippen LogP contribution in [0.5, 0.6) is 0 Å². The van der Waals surface area contributed by atoms with Gasteiger partial charge in [-0.2, -0.15) is 0 Å². The van der Waals surface area contributed by atoms with E-state index in [-0.39, 0.29) is 18.0 Å². The highest BCUT2D eigenvalue weighted by atomic mass is 19.1. The first-order valence-corrected chi connectivity index (χ1v) is 7.33. The van der Waals surface area contributed by atoms with Crippen LogP contribution in [-0.2, 0) is 15.2 Å². The molecule has 0 aliphatic heterocycles. The predicted octanol–water partition coefficient (Wildman–Crippen LogP) is 2.00. The molecule has 2 aromatic rings. The van der Waals surface area contributed by atoms with E-state index < -0.39 is 23.2 Å². The standard InChI is InChI=1S/C17H19FN2O4/c1-10-4-6-13(12(18)8-10)20-16(22)15(21)19-9-17(3,23)14-7-5-11(2)24-14/h4-8,23H,9H2,1-3H3,(H,19,21)(H,20,22). The van der Waals surface area contributed by atoms with Crippen LogP contribution in [0.4, 0.5) is 10.1 Å². The van der Waals surface area contributed by atoms with Crippen LogP contribution in [0.15, 0.2) is 34.7 Å². The highest BCUT2D eigenvalue weighted by Gasteiger charge is 2.28. The Balaban J connectivity index is 1.95. The lowest BCUT2D eigenvalue weighted by molar-refractivity contribution is -0.136. The third kappa shape index (κ3) is 4.20. The second kappa shape index (κ2) is 6.84. The molecule has 0 saturated carbocycles. The number of furan rings is 1. The molecule has 1 atom stereocenters. The molecule has 1 heterocycles. The molecule has 0 bridgehead atoms. The van der Waals surface area contributed by atoms with Crippen molar-refractivity contribution in [1.29, 1.82) is 0 Å². The molecule has 0 saturated heterocycles. The first-order chi connectivity index (χ1) is 11.2. The third-order valence-corrected chi connectivity index (χ3v) is 3.44. The number of nitrogens with one attached hydrogen (secondary N) is 2. The van der Waals surface area contributed by atoms with Crippen molar-refractivity contribution in [2.24, 2.45) is 0 Å². The van der Waals surface area contributed by atoms with Crippen LogP contribution < -0.4 is 10.6 Å². The van der Waals surface area contributed by atoms with Crippen LogP contribution in [-0.4, -0.2) is 23.5 Å². The number of aryl methyl sites for hydroxylation is 2. The van der Waals surface area contributed by atoms with Gasteiger partial charge in [0.05, 0.1) is 12.2 Å². The molecule has 3 N–H and O–H groups in total. The predicted molar refractivity (Wildman–Crippen MR) is 85.8 cm³/mol. The summed E-state index contributed by atoms with van der Waals surface area (Å²) >= 11 is 0. The molecule has 2 amide bonds. The van der Waals surface area contributed by atoms with Gasteiger partial charge in [-0.15, -0.1) is 0 Å². The van der Waals surface area contributed by atoms with Crippen LogP contribution in [0.2, 0.25) is 0 Å². The van der Waals surface area contributed by atoms with Crippen LogP contribution in [0, 0.1) is 19.7 Å². The van der Waals surface area contributed by atoms with Gasteiger partial charge in [-0.3, -0.25) is 9.59 Å². The van der Waals surface area contributed by atoms with Gasteiger partial charge in [0.15, 0.2) is 0 Å². The van der Waals surface area contributed by atoms with Crippen molar-refractivity contribution in [3.05, 3.63) is 53.2 Å². The number of hydrogen-bond donors (Lipinski definition) is 3. The molecule has 128 valence electrons. The fourth-order valence-corrected chi connectivity index (χ4v) is 2.04. The van der Waals surface area contributed by atoms with Gasteiger partial charge in [-0.25, -0.2) is 4.39 Å².